The summed E-state index contributed by atoms with van der Waals surface area (Å²) in [6.45, 7) is 0. The summed E-state index contributed by atoms with van der Waals surface area (Å²) in [7, 11) is 3.67. The number of hydrogen-bond acceptors (Lipinski definition) is 5. The van der Waals surface area contributed by atoms with E-state index in [0.29, 0.717) is 22.1 Å². The molecule has 170 valence electrons. The van der Waals surface area contributed by atoms with Crippen molar-refractivity contribution in [2.45, 2.75) is 32.1 Å². The predicted octanol–water partition coefficient (Wildman–Crippen LogP) is 5.55. The van der Waals surface area contributed by atoms with Crippen molar-refractivity contribution in [3.8, 4) is 0 Å². The normalized spacial score (nSPS) is 14.2. The Balaban J connectivity index is 0.00000289. The van der Waals surface area contributed by atoms with Crippen molar-refractivity contribution in [1.82, 2.24) is 9.99 Å². The van der Waals surface area contributed by atoms with Gasteiger partial charge in [-0.3, -0.25) is 9.59 Å². The molecule has 1 saturated carbocycles. The number of anilines is 2. The minimum atomic E-state index is -0.424. The van der Waals surface area contributed by atoms with Crippen molar-refractivity contribution >= 4 is 58.3 Å². The first kappa shape index (κ1) is 24.0. The molecule has 0 spiro atoms. The molecule has 9 heteroatoms. The molecule has 2 heterocycles. The second kappa shape index (κ2) is 10.3. The van der Waals surface area contributed by atoms with Crippen LogP contribution in [0.3, 0.4) is 0 Å². The van der Waals surface area contributed by atoms with Gasteiger partial charge in [0.05, 0.1) is 5.02 Å². The number of nitrogens with zero attached hydrogens (tertiary/aromatic N) is 3. The van der Waals surface area contributed by atoms with Gasteiger partial charge in [-0.05, 0) is 37.1 Å². The quantitative estimate of drug-likeness (QED) is 0.488. The second-order valence-corrected chi connectivity index (χ2v) is 8.39. The number of hydrogen-bond donors (Lipinski definition) is 1. The maximum Gasteiger partial charge on any atom is 0.292 e. The van der Waals surface area contributed by atoms with E-state index in [1.807, 2.05) is 32.3 Å². The van der Waals surface area contributed by atoms with E-state index >= 15 is 0 Å². The highest BCUT2D eigenvalue weighted by Crippen LogP contribution is 2.33. The van der Waals surface area contributed by atoms with Gasteiger partial charge in [-0.25, -0.2) is 15.0 Å². The van der Waals surface area contributed by atoms with Crippen LogP contribution in [0.5, 0.6) is 0 Å². The van der Waals surface area contributed by atoms with Crippen molar-refractivity contribution in [3.05, 3.63) is 53.4 Å². The van der Waals surface area contributed by atoms with Gasteiger partial charge < -0.3 is 9.73 Å². The molecule has 0 atom stereocenters. The fourth-order valence-corrected chi connectivity index (χ4v) is 4.12. The van der Waals surface area contributed by atoms with Crippen LogP contribution >= 0.6 is 24.0 Å². The smallest absolute Gasteiger partial charge is 0.292 e. The molecule has 3 aromatic rings. The molecule has 32 heavy (non-hydrogen) atoms. The Hall–Kier alpha value is -2.61. The molecule has 4 rings (SSSR count). The predicted molar refractivity (Wildman–Crippen MR) is 128 cm³/mol. The number of rotatable bonds is 5. The van der Waals surface area contributed by atoms with E-state index < -0.39 is 5.91 Å². The highest BCUT2D eigenvalue weighted by molar-refractivity contribution is 6.30. The maximum absolute atomic E-state index is 13.3. The average molecular weight is 477 g/mol. The third kappa shape index (κ3) is 5.06. The number of nitrogens with one attached hydrogen (secondary N) is 1. The van der Waals surface area contributed by atoms with Crippen LogP contribution in [0.1, 0.15) is 42.7 Å². The van der Waals surface area contributed by atoms with Gasteiger partial charge in [0.2, 0.25) is 5.91 Å². The number of furan rings is 1. The SMILES string of the molecule is CN(C)N(C(=O)C1CCCCC1)c1cccc2cc(C(=O)Nc3ccc(Cl)cn3)oc12.Cl. The van der Waals surface area contributed by atoms with E-state index in [2.05, 4.69) is 10.3 Å². The molecule has 0 saturated heterocycles. The van der Waals surface area contributed by atoms with E-state index in [4.69, 9.17) is 16.0 Å². The van der Waals surface area contributed by atoms with Crippen molar-refractivity contribution in [3.63, 3.8) is 0 Å². The standard InChI is InChI=1S/C23H25ClN4O3.ClH/c1-27(2)28(23(30)15-7-4-3-5-8-15)18-10-6-9-16-13-19(31-21(16)18)22(29)26-20-12-11-17(24)14-25-20;/h6,9-15H,3-5,7-8H2,1-2H3,(H,25,26,29);1H. The van der Waals surface area contributed by atoms with Gasteiger partial charge in [-0.1, -0.05) is 43.0 Å². The summed E-state index contributed by atoms with van der Waals surface area (Å²) < 4.78 is 5.94. The summed E-state index contributed by atoms with van der Waals surface area (Å²) in [5, 5.41) is 7.35. The summed E-state index contributed by atoms with van der Waals surface area (Å²) in [5.74, 6) is 0.151. The second-order valence-electron chi connectivity index (χ2n) is 7.95. The lowest BCUT2D eigenvalue weighted by molar-refractivity contribution is -0.125. The third-order valence-corrected chi connectivity index (χ3v) is 5.73. The van der Waals surface area contributed by atoms with E-state index in [9.17, 15) is 9.59 Å². The first-order valence-electron chi connectivity index (χ1n) is 10.4. The molecule has 0 aliphatic heterocycles. The third-order valence-electron chi connectivity index (χ3n) is 5.51. The largest absolute Gasteiger partial charge is 0.449 e. The maximum atomic E-state index is 13.3. The minimum Gasteiger partial charge on any atom is -0.449 e. The average Bonchev–Trinajstić information content (AvgIpc) is 3.21. The highest BCUT2D eigenvalue weighted by atomic mass is 35.5. The van der Waals surface area contributed by atoms with Gasteiger partial charge in [0, 0.05) is 31.6 Å². The number of pyridine rings is 1. The van der Waals surface area contributed by atoms with Gasteiger partial charge >= 0.3 is 0 Å². The number of carbonyl (C=O) groups is 2. The fourth-order valence-electron chi connectivity index (χ4n) is 4.01. The summed E-state index contributed by atoms with van der Waals surface area (Å²) in [5.41, 5.74) is 1.12. The Morgan fingerprint density at radius 3 is 2.53 bits per heavy atom. The highest BCUT2D eigenvalue weighted by Gasteiger charge is 2.30. The molecule has 1 N–H and O–H groups in total. The van der Waals surface area contributed by atoms with E-state index in [1.54, 1.807) is 28.2 Å². The Morgan fingerprint density at radius 2 is 1.88 bits per heavy atom. The first-order chi connectivity index (χ1) is 14.9. The number of amides is 2. The molecule has 0 unspecified atom stereocenters. The summed E-state index contributed by atoms with van der Waals surface area (Å²) in [4.78, 5) is 30.1. The van der Waals surface area contributed by atoms with Crippen LogP contribution in [-0.2, 0) is 4.79 Å². The number of hydrazine groups is 1. The monoisotopic (exact) mass is 476 g/mol. The molecule has 1 aromatic carbocycles. The molecular formula is C23H26Cl2N4O3. The molecule has 2 aromatic heterocycles. The Morgan fingerprint density at radius 1 is 1.12 bits per heavy atom. The number of carbonyl (C=O) groups excluding carboxylic acids is 2. The zero-order valence-corrected chi connectivity index (χ0v) is 19.6. The van der Waals surface area contributed by atoms with Crippen LogP contribution in [0.4, 0.5) is 11.5 Å². The summed E-state index contributed by atoms with van der Waals surface area (Å²) >= 11 is 5.84. The van der Waals surface area contributed by atoms with Gasteiger partial charge in [-0.2, -0.15) is 0 Å². The van der Waals surface area contributed by atoms with Gasteiger partial charge in [0.25, 0.3) is 5.91 Å². The number of aromatic nitrogens is 1. The van der Waals surface area contributed by atoms with E-state index in [0.717, 1.165) is 31.1 Å². The molecule has 7 nitrogen and oxygen atoms in total. The van der Waals surface area contributed by atoms with Crippen molar-refractivity contribution in [1.29, 1.82) is 0 Å². The van der Waals surface area contributed by atoms with E-state index in [1.165, 1.54) is 12.6 Å². The summed E-state index contributed by atoms with van der Waals surface area (Å²) in [6.07, 6.45) is 6.59. The minimum absolute atomic E-state index is 0. The zero-order valence-electron chi connectivity index (χ0n) is 18.0. The number of para-hydroxylation sites is 1. The number of benzene rings is 1. The summed E-state index contributed by atoms with van der Waals surface area (Å²) in [6, 6.07) is 10.5. The Bertz CT molecular complexity index is 1090. The van der Waals surface area contributed by atoms with Crippen LogP contribution in [0.25, 0.3) is 11.0 Å². The van der Waals surface area contributed by atoms with Crippen molar-refractivity contribution in [2.75, 3.05) is 24.4 Å². The number of fused-ring (bicyclic) bond motifs is 1. The molecule has 0 bridgehead atoms. The fraction of sp³-hybridized carbons (Fsp3) is 0.348. The first-order valence-corrected chi connectivity index (χ1v) is 10.8. The number of halogens is 2. The van der Waals surface area contributed by atoms with Gasteiger partial charge in [-0.15, -0.1) is 12.4 Å². The topological polar surface area (TPSA) is 78.7 Å². The molecule has 1 fully saturated rings. The van der Waals surface area contributed by atoms with E-state index in [-0.39, 0.29) is 30.0 Å². The van der Waals surface area contributed by atoms with Crippen LogP contribution in [0, 0.1) is 5.92 Å². The molecule has 1 aliphatic rings. The molecule has 2 amide bonds. The Kier molecular flexibility index (Phi) is 7.77. The van der Waals surface area contributed by atoms with Crippen molar-refractivity contribution < 1.29 is 14.0 Å². The lowest BCUT2D eigenvalue weighted by atomic mass is 9.88. The Labute approximate surface area is 198 Å². The van der Waals surface area contributed by atoms with Crippen LogP contribution < -0.4 is 10.3 Å². The van der Waals surface area contributed by atoms with Crippen LogP contribution in [0.15, 0.2) is 47.0 Å². The van der Waals surface area contributed by atoms with Crippen LogP contribution in [-0.4, -0.2) is 35.9 Å². The van der Waals surface area contributed by atoms with Crippen LogP contribution in [0.2, 0.25) is 5.02 Å². The zero-order chi connectivity index (χ0) is 22.0. The lowest BCUT2D eigenvalue weighted by Crippen LogP contribution is -2.45. The van der Waals surface area contributed by atoms with Crippen molar-refractivity contribution in [2.24, 2.45) is 5.92 Å². The lowest BCUT2D eigenvalue weighted by Gasteiger charge is -2.33. The molecule has 1 aliphatic carbocycles. The van der Waals surface area contributed by atoms with Gasteiger partial charge in [0.15, 0.2) is 11.3 Å². The molecular weight excluding hydrogens is 451 g/mol. The van der Waals surface area contributed by atoms with Gasteiger partial charge in [0.1, 0.15) is 11.5 Å². The molecule has 0 radical (unpaired) electrons.